The van der Waals surface area contributed by atoms with Crippen molar-refractivity contribution in [1.82, 2.24) is 0 Å². The standard InChI is InChI=1S/C29H44F2O2/c1-2-3-4-5-6-7-8-22-9-14-24(15-10-22)25-16-11-23(12-17-25)13-20-29(32)33-26-18-19-27(30)28(31)21-26/h18-19,21-25H,2-17,20H2,1H3/t22-,23?,24-,25?. The Morgan fingerprint density at radius 1 is 0.788 bits per heavy atom. The van der Waals surface area contributed by atoms with Crippen molar-refractivity contribution >= 4 is 5.97 Å². The van der Waals surface area contributed by atoms with Crippen LogP contribution in [-0.2, 0) is 4.79 Å². The molecule has 0 amide bonds. The minimum atomic E-state index is -0.991. The Morgan fingerprint density at radius 3 is 1.97 bits per heavy atom. The van der Waals surface area contributed by atoms with Gasteiger partial charge >= 0.3 is 5.97 Å². The summed E-state index contributed by atoms with van der Waals surface area (Å²) in [5, 5.41) is 0. The van der Waals surface area contributed by atoms with Crippen LogP contribution in [0, 0.1) is 35.3 Å². The van der Waals surface area contributed by atoms with Crippen molar-refractivity contribution in [2.75, 3.05) is 0 Å². The maximum atomic E-state index is 13.3. The maximum absolute atomic E-state index is 13.3. The second kappa shape index (κ2) is 14.1. The van der Waals surface area contributed by atoms with Crippen LogP contribution in [0.5, 0.6) is 5.75 Å². The summed E-state index contributed by atoms with van der Waals surface area (Å²) in [6.07, 6.45) is 21.8. The lowest BCUT2D eigenvalue weighted by Gasteiger charge is -2.38. The van der Waals surface area contributed by atoms with E-state index >= 15 is 0 Å². The summed E-state index contributed by atoms with van der Waals surface area (Å²) in [6.45, 7) is 2.28. The average molecular weight is 463 g/mol. The Balaban J connectivity index is 1.26. The Kier molecular flexibility index (Phi) is 11.1. The normalized spacial score (nSPS) is 25.7. The quantitative estimate of drug-likeness (QED) is 0.176. The molecule has 2 aliphatic rings. The first-order valence-electron chi connectivity index (χ1n) is 13.7. The molecule has 0 radical (unpaired) electrons. The molecule has 0 bridgehead atoms. The number of benzene rings is 1. The molecule has 0 spiro atoms. The summed E-state index contributed by atoms with van der Waals surface area (Å²) in [4.78, 5) is 12.1. The predicted octanol–water partition coefficient (Wildman–Crippen LogP) is 9.01. The van der Waals surface area contributed by atoms with E-state index in [9.17, 15) is 13.6 Å². The van der Waals surface area contributed by atoms with Gasteiger partial charge in [0.15, 0.2) is 11.6 Å². The molecular formula is C29H44F2O2. The first-order chi connectivity index (χ1) is 16.0. The Morgan fingerprint density at radius 2 is 1.36 bits per heavy atom. The Labute approximate surface area is 199 Å². The third kappa shape index (κ3) is 9.02. The van der Waals surface area contributed by atoms with Crippen molar-refractivity contribution in [2.24, 2.45) is 23.7 Å². The Hall–Kier alpha value is -1.45. The number of hydrogen-bond donors (Lipinski definition) is 0. The molecule has 2 aliphatic carbocycles. The molecule has 2 fully saturated rings. The van der Waals surface area contributed by atoms with E-state index in [0.717, 1.165) is 36.3 Å². The number of unbranched alkanes of at least 4 members (excludes halogenated alkanes) is 5. The second-order valence-electron chi connectivity index (χ2n) is 10.7. The number of carbonyl (C=O) groups is 1. The number of halogens is 2. The molecule has 0 atom stereocenters. The van der Waals surface area contributed by atoms with E-state index in [2.05, 4.69) is 6.92 Å². The number of carbonyl (C=O) groups excluding carboxylic acids is 1. The predicted molar refractivity (Wildman–Crippen MR) is 130 cm³/mol. The van der Waals surface area contributed by atoms with Crippen molar-refractivity contribution in [3.63, 3.8) is 0 Å². The van der Waals surface area contributed by atoms with E-state index in [1.807, 2.05) is 0 Å². The van der Waals surface area contributed by atoms with Gasteiger partial charge in [-0.2, -0.15) is 0 Å². The van der Waals surface area contributed by atoms with Gasteiger partial charge in [0, 0.05) is 12.5 Å². The monoisotopic (exact) mass is 462 g/mol. The molecule has 0 saturated heterocycles. The van der Waals surface area contributed by atoms with Crippen molar-refractivity contribution in [1.29, 1.82) is 0 Å². The molecule has 0 heterocycles. The fourth-order valence-electron chi connectivity index (χ4n) is 6.15. The fourth-order valence-corrected chi connectivity index (χ4v) is 6.15. The lowest BCUT2D eigenvalue weighted by atomic mass is 9.68. The van der Waals surface area contributed by atoms with Crippen LogP contribution in [0.3, 0.4) is 0 Å². The summed E-state index contributed by atoms with van der Waals surface area (Å²) < 4.78 is 31.4. The zero-order chi connectivity index (χ0) is 23.5. The molecule has 2 nitrogen and oxygen atoms in total. The van der Waals surface area contributed by atoms with Gasteiger partial charge in [-0.1, -0.05) is 77.6 Å². The molecule has 0 unspecified atom stereocenters. The van der Waals surface area contributed by atoms with Gasteiger partial charge in [0.05, 0.1) is 0 Å². The van der Waals surface area contributed by atoms with Crippen molar-refractivity contribution in [3.05, 3.63) is 29.8 Å². The van der Waals surface area contributed by atoms with Gasteiger partial charge in [0.25, 0.3) is 0 Å². The van der Waals surface area contributed by atoms with Crippen LogP contribution in [0.1, 0.15) is 116 Å². The van der Waals surface area contributed by atoms with Gasteiger partial charge < -0.3 is 4.74 Å². The van der Waals surface area contributed by atoms with Crippen molar-refractivity contribution in [2.45, 2.75) is 116 Å². The number of ether oxygens (including phenoxy) is 1. The van der Waals surface area contributed by atoms with E-state index in [1.165, 1.54) is 102 Å². The first kappa shape index (κ1) is 26.2. The summed E-state index contributed by atoms with van der Waals surface area (Å²) in [5.41, 5.74) is 0. The van der Waals surface area contributed by atoms with Crippen LogP contribution in [0.25, 0.3) is 0 Å². The summed E-state index contributed by atoms with van der Waals surface area (Å²) >= 11 is 0. The largest absolute Gasteiger partial charge is 0.426 e. The topological polar surface area (TPSA) is 26.3 Å². The van der Waals surface area contributed by atoms with Crippen LogP contribution in [0.2, 0.25) is 0 Å². The SMILES string of the molecule is CCCCCCCC[C@H]1CC[C@H](C2CCC(CCC(=O)Oc3ccc(F)c(F)c3)CC2)CC1. The Bertz CT molecular complexity index is 704. The van der Waals surface area contributed by atoms with Gasteiger partial charge in [-0.25, -0.2) is 8.78 Å². The van der Waals surface area contributed by atoms with E-state index in [-0.39, 0.29) is 11.7 Å². The minimum absolute atomic E-state index is 0.0784. The highest BCUT2D eigenvalue weighted by Gasteiger charge is 2.30. The van der Waals surface area contributed by atoms with Gasteiger partial charge in [-0.3, -0.25) is 4.79 Å². The molecular weight excluding hydrogens is 418 g/mol. The van der Waals surface area contributed by atoms with E-state index in [4.69, 9.17) is 4.74 Å². The fraction of sp³-hybridized carbons (Fsp3) is 0.759. The second-order valence-corrected chi connectivity index (χ2v) is 10.7. The van der Waals surface area contributed by atoms with Crippen LogP contribution in [-0.4, -0.2) is 5.97 Å². The lowest BCUT2D eigenvalue weighted by molar-refractivity contribution is -0.134. The molecule has 2 saturated carbocycles. The number of hydrogen-bond acceptors (Lipinski definition) is 2. The van der Waals surface area contributed by atoms with Gasteiger partial charge in [-0.15, -0.1) is 0 Å². The van der Waals surface area contributed by atoms with E-state index < -0.39 is 11.6 Å². The summed E-state index contributed by atoms with van der Waals surface area (Å²) in [6, 6.07) is 3.21. The molecule has 1 aromatic rings. The first-order valence-corrected chi connectivity index (χ1v) is 13.7. The third-order valence-corrected chi connectivity index (χ3v) is 8.29. The van der Waals surface area contributed by atoms with Gasteiger partial charge in [-0.05, 0) is 67.9 Å². The zero-order valence-electron chi connectivity index (χ0n) is 20.6. The third-order valence-electron chi connectivity index (χ3n) is 8.29. The smallest absolute Gasteiger partial charge is 0.311 e. The van der Waals surface area contributed by atoms with E-state index in [1.54, 1.807) is 0 Å². The molecule has 0 aromatic heterocycles. The highest BCUT2D eigenvalue weighted by Crippen LogP contribution is 2.43. The van der Waals surface area contributed by atoms with Crippen LogP contribution < -0.4 is 4.74 Å². The maximum Gasteiger partial charge on any atom is 0.311 e. The van der Waals surface area contributed by atoms with Crippen LogP contribution in [0.4, 0.5) is 8.78 Å². The lowest BCUT2D eigenvalue weighted by Crippen LogP contribution is -2.26. The molecule has 0 aliphatic heterocycles. The molecule has 4 heteroatoms. The molecule has 186 valence electrons. The van der Waals surface area contributed by atoms with Crippen LogP contribution >= 0.6 is 0 Å². The minimum Gasteiger partial charge on any atom is -0.426 e. The van der Waals surface area contributed by atoms with Crippen LogP contribution in [0.15, 0.2) is 18.2 Å². The molecule has 33 heavy (non-hydrogen) atoms. The average Bonchev–Trinajstić information content (AvgIpc) is 2.83. The number of esters is 1. The van der Waals surface area contributed by atoms with Gasteiger partial charge in [0.1, 0.15) is 5.75 Å². The summed E-state index contributed by atoms with van der Waals surface area (Å²) in [7, 11) is 0. The molecule has 1 aromatic carbocycles. The highest BCUT2D eigenvalue weighted by molar-refractivity contribution is 5.72. The van der Waals surface area contributed by atoms with Gasteiger partial charge in [0.2, 0.25) is 0 Å². The molecule has 0 N–H and O–H groups in total. The van der Waals surface area contributed by atoms with E-state index in [0.29, 0.717) is 12.3 Å². The van der Waals surface area contributed by atoms with Crippen molar-refractivity contribution < 1.29 is 18.3 Å². The summed E-state index contributed by atoms with van der Waals surface area (Å²) in [5.74, 6) is 1.16. The zero-order valence-corrected chi connectivity index (χ0v) is 20.6. The highest BCUT2D eigenvalue weighted by atomic mass is 19.2. The molecule has 3 rings (SSSR count). The number of rotatable bonds is 12. The van der Waals surface area contributed by atoms with Crippen molar-refractivity contribution in [3.8, 4) is 5.75 Å².